The monoisotopic (exact) mass is 406 g/mol. The van der Waals surface area contributed by atoms with E-state index in [0.717, 1.165) is 5.76 Å². The first kappa shape index (κ1) is 22.7. The molecule has 9 nitrogen and oxygen atoms in total. The van der Waals surface area contributed by atoms with Gasteiger partial charge in [0, 0.05) is 25.0 Å². The number of aromatic nitrogens is 1. The van der Waals surface area contributed by atoms with E-state index in [2.05, 4.69) is 46.7 Å². The number of nitrogens with one attached hydrogen (secondary N) is 3. The molecule has 0 radical (unpaired) electrons. The van der Waals surface area contributed by atoms with Crippen molar-refractivity contribution in [3.8, 4) is 0 Å². The Balaban J connectivity index is 1.85. The molecule has 0 aliphatic carbocycles. The first-order valence-corrected chi connectivity index (χ1v) is 10.2. The van der Waals surface area contributed by atoms with E-state index in [9.17, 15) is 9.59 Å². The molecule has 0 saturated carbocycles. The summed E-state index contributed by atoms with van der Waals surface area (Å²) in [6.07, 6.45) is 2.94. The maximum absolute atomic E-state index is 12.4. The Morgan fingerprint density at radius 3 is 2.59 bits per heavy atom. The number of amides is 3. The van der Waals surface area contributed by atoms with E-state index in [4.69, 9.17) is 4.42 Å². The van der Waals surface area contributed by atoms with E-state index in [-0.39, 0.29) is 17.4 Å². The molecule has 29 heavy (non-hydrogen) atoms. The highest BCUT2D eigenvalue weighted by Crippen LogP contribution is 2.23. The molecule has 1 aromatic rings. The fraction of sp³-hybridized carbons (Fsp3) is 0.700. The molecule has 0 bridgehead atoms. The molecular weight excluding hydrogens is 372 g/mol. The Hall–Kier alpha value is -2.58. The van der Waals surface area contributed by atoms with E-state index in [0.29, 0.717) is 50.9 Å². The van der Waals surface area contributed by atoms with Gasteiger partial charge in [-0.3, -0.25) is 9.69 Å². The van der Waals surface area contributed by atoms with Crippen molar-refractivity contribution >= 4 is 17.9 Å². The molecule has 162 valence electrons. The summed E-state index contributed by atoms with van der Waals surface area (Å²) in [5.41, 5.74) is -0.881. The van der Waals surface area contributed by atoms with Crippen LogP contribution in [0.5, 0.6) is 0 Å². The third-order valence-electron chi connectivity index (χ3n) is 4.91. The van der Waals surface area contributed by atoms with Crippen LogP contribution in [0.2, 0.25) is 0 Å². The second kappa shape index (κ2) is 9.28. The minimum atomic E-state index is -0.789. The normalized spacial score (nSPS) is 20.2. The van der Waals surface area contributed by atoms with Crippen molar-refractivity contribution < 1.29 is 14.0 Å². The minimum Gasteiger partial charge on any atom is -0.443 e. The summed E-state index contributed by atoms with van der Waals surface area (Å²) in [5, 5.41) is 9.15. The van der Waals surface area contributed by atoms with Crippen molar-refractivity contribution in [1.29, 1.82) is 0 Å². The molecule has 1 aliphatic rings. The molecule has 0 spiro atoms. The molecule has 1 fully saturated rings. The van der Waals surface area contributed by atoms with E-state index in [1.807, 2.05) is 13.8 Å². The summed E-state index contributed by atoms with van der Waals surface area (Å²) in [5.74, 6) is 1.86. The van der Waals surface area contributed by atoms with Crippen molar-refractivity contribution in [3.63, 3.8) is 0 Å². The highest BCUT2D eigenvalue weighted by atomic mass is 16.4. The van der Waals surface area contributed by atoms with Gasteiger partial charge in [0.15, 0.2) is 5.96 Å². The Morgan fingerprint density at radius 1 is 1.31 bits per heavy atom. The van der Waals surface area contributed by atoms with Gasteiger partial charge in [-0.15, -0.1) is 0 Å². The van der Waals surface area contributed by atoms with Crippen molar-refractivity contribution in [2.24, 2.45) is 4.99 Å². The quantitative estimate of drug-likeness (QED) is 0.264. The van der Waals surface area contributed by atoms with Gasteiger partial charge >= 0.3 is 6.03 Å². The van der Waals surface area contributed by atoms with Crippen molar-refractivity contribution in [3.05, 3.63) is 17.8 Å². The van der Waals surface area contributed by atoms with Crippen molar-refractivity contribution in [2.75, 3.05) is 19.6 Å². The number of rotatable bonds is 8. The number of carbonyl (C=O) groups excluding carboxylic acids is 2. The number of guanidine groups is 1. The van der Waals surface area contributed by atoms with Crippen LogP contribution in [0, 0.1) is 0 Å². The molecule has 0 aromatic carbocycles. The first-order chi connectivity index (χ1) is 13.6. The third kappa shape index (κ3) is 5.71. The molecule has 2 heterocycles. The zero-order valence-electron chi connectivity index (χ0n) is 18.4. The van der Waals surface area contributed by atoms with E-state index in [1.54, 1.807) is 13.1 Å². The average molecular weight is 407 g/mol. The molecule has 1 aromatic heterocycles. The van der Waals surface area contributed by atoms with Crippen LogP contribution >= 0.6 is 0 Å². The molecule has 3 N–H and O–H groups in total. The van der Waals surface area contributed by atoms with Crippen LogP contribution in [0.4, 0.5) is 4.79 Å². The summed E-state index contributed by atoms with van der Waals surface area (Å²) in [7, 11) is 0. The molecule has 2 rings (SSSR count). The van der Waals surface area contributed by atoms with Crippen molar-refractivity contribution in [2.45, 2.75) is 71.9 Å². The Kier molecular flexibility index (Phi) is 7.26. The highest BCUT2D eigenvalue weighted by Gasteiger charge is 2.45. The number of urea groups is 1. The van der Waals surface area contributed by atoms with Gasteiger partial charge in [0.2, 0.25) is 5.89 Å². The van der Waals surface area contributed by atoms with Crippen molar-refractivity contribution in [1.82, 2.24) is 25.8 Å². The maximum atomic E-state index is 12.4. The van der Waals surface area contributed by atoms with Gasteiger partial charge in [-0.25, -0.2) is 14.8 Å². The molecule has 1 unspecified atom stereocenters. The average Bonchev–Trinajstić information content (AvgIpc) is 3.21. The Morgan fingerprint density at radius 2 is 2.03 bits per heavy atom. The van der Waals surface area contributed by atoms with Gasteiger partial charge in [-0.2, -0.15) is 0 Å². The Labute approximate surface area is 172 Å². The number of carbonyl (C=O) groups is 2. The topological polar surface area (TPSA) is 112 Å². The van der Waals surface area contributed by atoms with Crippen LogP contribution < -0.4 is 16.0 Å². The lowest BCUT2D eigenvalue weighted by molar-refractivity contribution is -0.130. The van der Waals surface area contributed by atoms with Gasteiger partial charge in [-0.1, -0.05) is 27.7 Å². The van der Waals surface area contributed by atoms with Gasteiger partial charge < -0.3 is 20.4 Å². The lowest BCUT2D eigenvalue weighted by atomic mass is 9.94. The lowest BCUT2D eigenvalue weighted by Gasteiger charge is -2.19. The van der Waals surface area contributed by atoms with Gasteiger partial charge in [0.1, 0.15) is 17.8 Å². The molecular formula is C20H34N6O3. The smallest absolute Gasteiger partial charge is 0.325 e. The Bertz CT molecular complexity index is 752. The largest absolute Gasteiger partial charge is 0.443 e. The van der Waals surface area contributed by atoms with E-state index in [1.165, 1.54) is 4.90 Å². The number of oxazole rings is 1. The van der Waals surface area contributed by atoms with Crippen LogP contribution in [0.3, 0.4) is 0 Å². The standard InChI is InChI=1S/C20H34N6O3/c1-7-20(6)16(27)26(18(28)25-20)11-9-10-22-17(21-8-2)24-13-15-23-12-14(29-15)19(3,4)5/h12H,7-11,13H2,1-6H3,(H,25,28)(H2,21,22,24). The summed E-state index contributed by atoms with van der Waals surface area (Å²) in [6.45, 7) is 13.8. The molecule has 1 atom stereocenters. The summed E-state index contributed by atoms with van der Waals surface area (Å²) in [6, 6.07) is -0.321. The molecule has 1 saturated heterocycles. The van der Waals surface area contributed by atoms with Crippen LogP contribution in [-0.2, 0) is 16.8 Å². The maximum Gasteiger partial charge on any atom is 0.325 e. The number of imide groups is 1. The third-order valence-corrected chi connectivity index (χ3v) is 4.91. The van der Waals surface area contributed by atoms with E-state index < -0.39 is 5.54 Å². The zero-order valence-corrected chi connectivity index (χ0v) is 18.4. The number of hydrogen-bond acceptors (Lipinski definition) is 5. The van der Waals surface area contributed by atoms with Gasteiger partial charge in [0.25, 0.3) is 5.91 Å². The molecule has 3 amide bonds. The lowest BCUT2D eigenvalue weighted by Crippen LogP contribution is -2.43. The number of hydrogen-bond donors (Lipinski definition) is 3. The SMILES string of the molecule is CCNC(=NCc1ncc(C(C)(C)C)o1)NCCCN1C(=O)NC(C)(CC)C1=O. The van der Waals surface area contributed by atoms with Crippen LogP contribution in [0.15, 0.2) is 15.6 Å². The zero-order chi connectivity index (χ0) is 21.7. The van der Waals surface area contributed by atoms with E-state index >= 15 is 0 Å². The summed E-state index contributed by atoms with van der Waals surface area (Å²) >= 11 is 0. The number of nitrogens with zero attached hydrogens (tertiary/aromatic N) is 3. The number of aliphatic imine (C=N–C) groups is 1. The minimum absolute atomic E-state index is 0.0924. The predicted octanol–water partition coefficient (Wildman–Crippen LogP) is 2.14. The first-order valence-electron chi connectivity index (χ1n) is 10.2. The highest BCUT2D eigenvalue weighted by molar-refractivity contribution is 6.06. The second-order valence-electron chi connectivity index (χ2n) is 8.42. The van der Waals surface area contributed by atoms with Crippen LogP contribution in [0.1, 0.15) is 66.0 Å². The predicted molar refractivity (Wildman–Crippen MR) is 112 cm³/mol. The molecule has 9 heteroatoms. The van der Waals surface area contributed by atoms with Gasteiger partial charge in [0.05, 0.1) is 6.20 Å². The van der Waals surface area contributed by atoms with Crippen LogP contribution in [0.25, 0.3) is 0 Å². The van der Waals surface area contributed by atoms with Gasteiger partial charge in [-0.05, 0) is 26.7 Å². The summed E-state index contributed by atoms with van der Waals surface area (Å²) in [4.78, 5) is 34.5. The molecule has 1 aliphatic heterocycles. The van der Waals surface area contributed by atoms with Crippen LogP contribution in [-0.4, -0.2) is 53.0 Å². The fourth-order valence-corrected chi connectivity index (χ4v) is 2.85. The summed E-state index contributed by atoms with van der Waals surface area (Å²) < 4.78 is 5.76. The second-order valence-corrected chi connectivity index (χ2v) is 8.42. The fourth-order valence-electron chi connectivity index (χ4n) is 2.85.